The monoisotopic (exact) mass is 268 g/mol. The van der Waals surface area contributed by atoms with Crippen molar-refractivity contribution in [2.75, 3.05) is 26.9 Å². The zero-order valence-electron chi connectivity index (χ0n) is 11.3. The normalized spacial score (nSPS) is 10.4. The average molecular weight is 268 g/mol. The van der Waals surface area contributed by atoms with Crippen LogP contribution in [0.25, 0.3) is 0 Å². The van der Waals surface area contributed by atoms with Crippen LogP contribution in [0.3, 0.4) is 0 Å². The van der Waals surface area contributed by atoms with E-state index in [2.05, 4.69) is 5.32 Å². The van der Waals surface area contributed by atoms with Gasteiger partial charge in [-0.25, -0.2) is 0 Å². The summed E-state index contributed by atoms with van der Waals surface area (Å²) in [6, 6.07) is 4.93. The topological polar surface area (TPSA) is 73.6 Å². The SMILES string of the molecule is CCCOc1cc(CNCCOC)ccc1[N+](=O)[O-]. The Hall–Kier alpha value is -1.66. The second kappa shape index (κ2) is 8.44. The number of methoxy groups -OCH3 is 1. The number of nitro benzene ring substituents is 1. The molecule has 0 saturated carbocycles. The number of hydrogen-bond donors (Lipinski definition) is 1. The zero-order chi connectivity index (χ0) is 14.1. The number of nitrogens with one attached hydrogen (secondary N) is 1. The van der Waals surface area contributed by atoms with Crippen LogP contribution in [0.15, 0.2) is 18.2 Å². The van der Waals surface area contributed by atoms with Gasteiger partial charge in [0, 0.05) is 26.3 Å². The van der Waals surface area contributed by atoms with E-state index in [-0.39, 0.29) is 5.69 Å². The van der Waals surface area contributed by atoms with E-state index in [1.54, 1.807) is 19.2 Å². The second-order valence-corrected chi connectivity index (χ2v) is 4.08. The lowest BCUT2D eigenvalue weighted by molar-refractivity contribution is -0.385. The molecule has 0 amide bonds. The molecule has 0 saturated heterocycles. The molecule has 1 N–H and O–H groups in total. The maximum atomic E-state index is 10.9. The molecule has 0 aliphatic rings. The van der Waals surface area contributed by atoms with Crippen LogP contribution in [0.4, 0.5) is 5.69 Å². The maximum absolute atomic E-state index is 10.9. The summed E-state index contributed by atoms with van der Waals surface area (Å²) >= 11 is 0. The Kier molecular flexibility index (Phi) is 6.84. The van der Waals surface area contributed by atoms with Gasteiger partial charge in [-0.2, -0.15) is 0 Å². The van der Waals surface area contributed by atoms with Gasteiger partial charge >= 0.3 is 5.69 Å². The number of nitro groups is 1. The van der Waals surface area contributed by atoms with Gasteiger partial charge in [0.2, 0.25) is 0 Å². The largest absolute Gasteiger partial charge is 0.487 e. The van der Waals surface area contributed by atoms with E-state index in [0.717, 1.165) is 18.5 Å². The first-order valence-corrected chi connectivity index (χ1v) is 6.28. The number of hydrogen-bond acceptors (Lipinski definition) is 5. The summed E-state index contributed by atoms with van der Waals surface area (Å²) in [7, 11) is 1.64. The molecule has 0 aliphatic carbocycles. The predicted molar refractivity (Wildman–Crippen MR) is 72.5 cm³/mol. The molecule has 0 aliphatic heterocycles. The van der Waals surface area contributed by atoms with Crippen molar-refractivity contribution in [2.24, 2.45) is 0 Å². The fourth-order valence-electron chi connectivity index (χ4n) is 1.55. The Labute approximate surface area is 112 Å². The lowest BCUT2D eigenvalue weighted by Crippen LogP contribution is -2.18. The van der Waals surface area contributed by atoms with E-state index in [4.69, 9.17) is 9.47 Å². The van der Waals surface area contributed by atoms with Gasteiger partial charge in [0.05, 0.1) is 18.1 Å². The molecule has 0 atom stereocenters. The standard InChI is InChI=1S/C13H20N2O4/c1-3-7-19-13-9-11(10-14-6-8-18-2)4-5-12(13)15(16)17/h4-5,9,14H,3,6-8,10H2,1-2H3. The minimum Gasteiger partial charge on any atom is -0.487 e. The van der Waals surface area contributed by atoms with E-state index < -0.39 is 4.92 Å². The van der Waals surface area contributed by atoms with Crippen LogP contribution in [-0.4, -0.2) is 31.8 Å². The highest BCUT2D eigenvalue weighted by molar-refractivity contribution is 5.48. The van der Waals surface area contributed by atoms with Crippen molar-refractivity contribution in [3.8, 4) is 5.75 Å². The smallest absolute Gasteiger partial charge is 0.310 e. The molecule has 1 rings (SSSR count). The Morgan fingerprint density at radius 1 is 1.37 bits per heavy atom. The van der Waals surface area contributed by atoms with Crippen LogP contribution in [-0.2, 0) is 11.3 Å². The molecule has 0 aromatic heterocycles. The molecule has 0 fully saturated rings. The molecule has 1 aromatic rings. The van der Waals surface area contributed by atoms with Crippen LogP contribution in [0.1, 0.15) is 18.9 Å². The fraction of sp³-hybridized carbons (Fsp3) is 0.538. The summed E-state index contributed by atoms with van der Waals surface area (Å²) in [5.41, 5.74) is 0.960. The molecular weight excluding hydrogens is 248 g/mol. The van der Waals surface area contributed by atoms with Crippen LogP contribution in [0.5, 0.6) is 5.75 Å². The van der Waals surface area contributed by atoms with Crippen molar-refractivity contribution in [1.82, 2.24) is 5.32 Å². The van der Waals surface area contributed by atoms with Crippen LogP contribution in [0.2, 0.25) is 0 Å². The summed E-state index contributed by atoms with van der Waals surface area (Å²) < 4.78 is 10.4. The van der Waals surface area contributed by atoms with E-state index in [1.807, 2.05) is 6.92 Å². The number of ether oxygens (including phenoxy) is 2. The van der Waals surface area contributed by atoms with Gasteiger partial charge in [-0.05, 0) is 18.1 Å². The summed E-state index contributed by atoms with van der Waals surface area (Å²) in [6.45, 7) is 4.43. The first kappa shape index (κ1) is 15.4. The molecule has 6 heteroatoms. The third kappa shape index (κ3) is 5.23. The molecular formula is C13H20N2O4. The van der Waals surface area contributed by atoms with E-state index >= 15 is 0 Å². The van der Waals surface area contributed by atoms with Crippen molar-refractivity contribution >= 4 is 5.69 Å². The van der Waals surface area contributed by atoms with Gasteiger partial charge in [0.1, 0.15) is 0 Å². The van der Waals surface area contributed by atoms with Gasteiger partial charge in [0.15, 0.2) is 5.75 Å². The molecule has 0 spiro atoms. The number of benzene rings is 1. The lowest BCUT2D eigenvalue weighted by atomic mass is 10.2. The molecule has 1 aromatic carbocycles. The van der Waals surface area contributed by atoms with Crippen molar-refractivity contribution in [3.05, 3.63) is 33.9 Å². The highest BCUT2D eigenvalue weighted by Gasteiger charge is 2.15. The minimum absolute atomic E-state index is 0.00842. The van der Waals surface area contributed by atoms with E-state index in [1.165, 1.54) is 6.07 Å². The fourth-order valence-corrected chi connectivity index (χ4v) is 1.55. The van der Waals surface area contributed by atoms with Crippen molar-refractivity contribution < 1.29 is 14.4 Å². The van der Waals surface area contributed by atoms with E-state index in [9.17, 15) is 10.1 Å². The minimum atomic E-state index is -0.423. The van der Waals surface area contributed by atoms with Crippen LogP contribution < -0.4 is 10.1 Å². The van der Waals surface area contributed by atoms with Gasteiger partial charge in [-0.1, -0.05) is 13.0 Å². The first-order chi connectivity index (χ1) is 9.19. The highest BCUT2D eigenvalue weighted by Crippen LogP contribution is 2.28. The zero-order valence-corrected chi connectivity index (χ0v) is 11.3. The second-order valence-electron chi connectivity index (χ2n) is 4.08. The summed E-state index contributed by atoms with van der Waals surface area (Å²) in [5, 5.41) is 14.1. The third-order valence-corrected chi connectivity index (χ3v) is 2.49. The van der Waals surface area contributed by atoms with Crippen molar-refractivity contribution in [1.29, 1.82) is 0 Å². The molecule has 6 nitrogen and oxygen atoms in total. The van der Waals surface area contributed by atoms with E-state index in [0.29, 0.717) is 25.5 Å². The van der Waals surface area contributed by atoms with Gasteiger partial charge in [-0.15, -0.1) is 0 Å². The average Bonchev–Trinajstić information content (AvgIpc) is 2.41. The van der Waals surface area contributed by atoms with Crippen molar-refractivity contribution in [2.45, 2.75) is 19.9 Å². The van der Waals surface area contributed by atoms with Crippen LogP contribution >= 0.6 is 0 Å². The molecule has 19 heavy (non-hydrogen) atoms. The predicted octanol–water partition coefficient (Wildman–Crippen LogP) is 2.12. The Morgan fingerprint density at radius 2 is 2.16 bits per heavy atom. The van der Waals surface area contributed by atoms with Gasteiger partial charge in [-0.3, -0.25) is 10.1 Å². The molecule has 106 valence electrons. The number of nitrogens with zero attached hydrogens (tertiary/aromatic N) is 1. The molecule has 0 radical (unpaired) electrons. The third-order valence-electron chi connectivity index (χ3n) is 2.49. The number of rotatable bonds is 9. The van der Waals surface area contributed by atoms with Gasteiger partial charge in [0.25, 0.3) is 0 Å². The first-order valence-electron chi connectivity index (χ1n) is 6.28. The van der Waals surface area contributed by atoms with Gasteiger partial charge < -0.3 is 14.8 Å². The maximum Gasteiger partial charge on any atom is 0.310 e. The lowest BCUT2D eigenvalue weighted by Gasteiger charge is -2.08. The summed E-state index contributed by atoms with van der Waals surface area (Å²) in [4.78, 5) is 10.5. The molecule has 0 heterocycles. The summed E-state index contributed by atoms with van der Waals surface area (Å²) in [5.74, 6) is 0.331. The molecule has 0 bridgehead atoms. The Balaban J connectivity index is 2.70. The summed E-state index contributed by atoms with van der Waals surface area (Å²) in [6.07, 6.45) is 0.813. The van der Waals surface area contributed by atoms with Crippen LogP contribution in [0, 0.1) is 10.1 Å². The highest BCUT2D eigenvalue weighted by atomic mass is 16.6. The quantitative estimate of drug-likeness (QED) is 0.422. The Morgan fingerprint density at radius 3 is 2.79 bits per heavy atom. The molecule has 0 unspecified atom stereocenters. The Bertz CT molecular complexity index is 410. The van der Waals surface area contributed by atoms with Crippen molar-refractivity contribution in [3.63, 3.8) is 0 Å².